The molecule has 0 saturated carbocycles. The van der Waals surface area contributed by atoms with E-state index in [2.05, 4.69) is 45.7 Å². The molecule has 0 aromatic carbocycles. The van der Waals surface area contributed by atoms with Gasteiger partial charge in [0.05, 0.1) is 0 Å². The monoisotopic (exact) mass is 306 g/mol. The van der Waals surface area contributed by atoms with Crippen LogP contribution in [0.15, 0.2) is 6.33 Å². The molecule has 1 aliphatic heterocycles. The van der Waals surface area contributed by atoms with Gasteiger partial charge in [0, 0.05) is 26.7 Å². The number of nitrogen functional groups attached to an aromatic ring is 1. The van der Waals surface area contributed by atoms with E-state index in [1.165, 1.54) is 0 Å². The van der Waals surface area contributed by atoms with Crippen LogP contribution in [0.2, 0.25) is 0 Å². The molecule has 2 rings (SSSR count). The zero-order chi connectivity index (χ0) is 16.1. The molecule has 6 nitrogen and oxygen atoms in total. The Morgan fingerprint density at radius 3 is 2.50 bits per heavy atom. The van der Waals surface area contributed by atoms with Gasteiger partial charge in [0.15, 0.2) is 11.6 Å². The molecule has 1 aromatic heterocycles. The molecular formula is C16H30N6. The van der Waals surface area contributed by atoms with Crippen LogP contribution in [0.5, 0.6) is 0 Å². The van der Waals surface area contributed by atoms with Gasteiger partial charge in [-0.3, -0.25) is 0 Å². The van der Waals surface area contributed by atoms with Crippen molar-refractivity contribution in [1.29, 1.82) is 0 Å². The zero-order valence-corrected chi connectivity index (χ0v) is 14.4. The van der Waals surface area contributed by atoms with Gasteiger partial charge in [0.2, 0.25) is 0 Å². The van der Waals surface area contributed by atoms with Crippen molar-refractivity contribution in [2.24, 2.45) is 0 Å². The topological polar surface area (TPSA) is 61.5 Å². The van der Waals surface area contributed by atoms with Crippen molar-refractivity contribution in [2.45, 2.75) is 38.6 Å². The Balaban J connectivity index is 2.13. The number of likely N-dealkylation sites (tertiary alicyclic amines) is 1. The Labute approximate surface area is 134 Å². The van der Waals surface area contributed by atoms with Gasteiger partial charge in [0.1, 0.15) is 12.0 Å². The summed E-state index contributed by atoms with van der Waals surface area (Å²) < 4.78 is 0. The highest BCUT2D eigenvalue weighted by Crippen LogP contribution is 2.30. The maximum absolute atomic E-state index is 6.37. The van der Waals surface area contributed by atoms with Crippen LogP contribution >= 0.6 is 0 Å². The second kappa shape index (κ2) is 7.63. The third-order valence-corrected chi connectivity index (χ3v) is 4.62. The van der Waals surface area contributed by atoms with E-state index in [1.54, 1.807) is 6.33 Å². The maximum atomic E-state index is 6.37. The van der Waals surface area contributed by atoms with Gasteiger partial charge in [-0.1, -0.05) is 13.3 Å². The SMILES string of the molecule is CCCCN(C)c1ncnc(N(C)C2CCN(C)CC2)c1N. The fourth-order valence-electron chi connectivity index (χ4n) is 3.02. The minimum absolute atomic E-state index is 0.502. The number of hydrogen-bond acceptors (Lipinski definition) is 6. The first-order valence-electron chi connectivity index (χ1n) is 8.27. The molecule has 0 spiro atoms. The third kappa shape index (κ3) is 3.80. The molecule has 2 N–H and O–H groups in total. The average Bonchev–Trinajstić information content (AvgIpc) is 2.53. The number of anilines is 3. The van der Waals surface area contributed by atoms with E-state index in [9.17, 15) is 0 Å². The van der Waals surface area contributed by atoms with Crippen molar-refractivity contribution < 1.29 is 0 Å². The molecule has 1 aromatic rings. The van der Waals surface area contributed by atoms with Gasteiger partial charge >= 0.3 is 0 Å². The summed E-state index contributed by atoms with van der Waals surface area (Å²) in [5.41, 5.74) is 7.07. The summed E-state index contributed by atoms with van der Waals surface area (Å²) in [6.45, 7) is 5.41. The highest BCUT2D eigenvalue weighted by atomic mass is 15.3. The minimum Gasteiger partial charge on any atom is -0.393 e. The molecule has 0 radical (unpaired) electrons. The normalized spacial score (nSPS) is 16.7. The van der Waals surface area contributed by atoms with E-state index in [1.807, 2.05) is 7.05 Å². The summed E-state index contributed by atoms with van der Waals surface area (Å²) in [7, 11) is 6.33. The molecule has 0 atom stereocenters. The highest BCUT2D eigenvalue weighted by molar-refractivity contribution is 5.75. The van der Waals surface area contributed by atoms with Crippen LogP contribution in [0.25, 0.3) is 0 Å². The van der Waals surface area contributed by atoms with Crippen LogP contribution in [0, 0.1) is 0 Å². The molecule has 1 saturated heterocycles. The third-order valence-electron chi connectivity index (χ3n) is 4.62. The Morgan fingerprint density at radius 1 is 1.23 bits per heavy atom. The highest BCUT2D eigenvalue weighted by Gasteiger charge is 2.24. The molecule has 0 bridgehead atoms. The molecule has 124 valence electrons. The fraction of sp³-hybridized carbons (Fsp3) is 0.750. The summed E-state index contributed by atoms with van der Waals surface area (Å²) in [6, 6.07) is 0.502. The number of nitrogens with zero attached hydrogens (tertiary/aromatic N) is 5. The quantitative estimate of drug-likeness (QED) is 0.865. The zero-order valence-electron chi connectivity index (χ0n) is 14.4. The Kier molecular flexibility index (Phi) is 5.83. The summed E-state index contributed by atoms with van der Waals surface area (Å²) >= 11 is 0. The summed E-state index contributed by atoms with van der Waals surface area (Å²) in [5, 5.41) is 0. The molecule has 6 heteroatoms. The number of rotatable bonds is 6. The summed E-state index contributed by atoms with van der Waals surface area (Å²) in [5.74, 6) is 1.71. The van der Waals surface area contributed by atoms with Crippen LogP contribution in [0.1, 0.15) is 32.6 Å². The number of aromatic nitrogens is 2. The average molecular weight is 306 g/mol. The van der Waals surface area contributed by atoms with Crippen molar-refractivity contribution in [3.8, 4) is 0 Å². The number of hydrogen-bond donors (Lipinski definition) is 1. The van der Waals surface area contributed by atoms with E-state index >= 15 is 0 Å². The second-order valence-corrected chi connectivity index (χ2v) is 6.36. The van der Waals surface area contributed by atoms with Crippen molar-refractivity contribution in [2.75, 3.05) is 56.3 Å². The molecule has 0 aliphatic carbocycles. The number of nitrogens with two attached hydrogens (primary N) is 1. The first-order chi connectivity index (χ1) is 10.5. The molecule has 1 fully saturated rings. The van der Waals surface area contributed by atoms with Crippen LogP contribution in [-0.2, 0) is 0 Å². The van der Waals surface area contributed by atoms with Gasteiger partial charge in [-0.2, -0.15) is 0 Å². The Morgan fingerprint density at radius 2 is 1.86 bits per heavy atom. The van der Waals surface area contributed by atoms with Gasteiger partial charge < -0.3 is 20.4 Å². The smallest absolute Gasteiger partial charge is 0.157 e. The van der Waals surface area contributed by atoms with E-state index in [-0.39, 0.29) is 0 Å². The van der Waals surface area contributed by atoms with E-state index in [0.29, 0.717) is 11.7 Å². The lowest BCUT2D eigenvalue weighted by Gasteiger charge is -2.36. The molecule has 2 heterocycles. The van der Waals surface area contributed by atoms with Crippen molar-refractivity contribution in [3.05, 3.63) is 6.33 Å². The summed E-state index contributed by atoms with van der Waals surface area (Å²) in [4.78, 5) is 15.6. The fourth-order valence-corrected chi connectivity index (χ4v) is 3.02. The van der Waals surface area contributed by atoms with E-state index < -0.39 is 0 Å². The predicted molar refractivity (Wildman–Crippen MR) is 93.5 cm³/mol. The molecular weight excluding hydrogens is 276 g/mol. The van der Waals surface area contributed by atoms with Crippen molar-refractivity contribution in [1.82, 2.24) is 14.9 Å². The van der Waals surface area contributed by atoms with Crippen molar-refractivity contribution in [3.63, 3.8) is 0 Å². The molecule has 22 heavy (non-hydrogen) atoms. The van der Waals surface area contributed by atoms with Crippen LogP contribution in [0.4, 0.5) is 17.3 Å². The number of piperidine rings is 1. The van der Waals surface area contributed by atoms with E-state index in [0.717, 1.165) is 57.0 Å². The second-order valence-electron chi connectivity index (χ2n) is 6.36. The first kappa shape index (κ1) is 16.8. The van der Waals surface area contributed by atoms with Crippen LogP contribution in [0.3, 0.4) is 0 Å². The number of unbranched alkanes of at least 4 members (excludes halogenated alkanes) is 1. The van der Waals surface area contributed by atoms with Gasteiger partial charge in [-0.05, 0) is 39.4 Å². The first-order valence-corrected chi connectivity index (χ1v) is 8.27. The Hall–Kier alpha value is -1.56. The lowest BCUT2D eigenvalue weighted by molar-refractivity contribution is 0.252. The van der Waals surface area contributed by atoms with E-state index in [4.69, 9.17) is 5.73 Å². The molecule has 0 amide bonds. The molecule has 0 unspecified atom stereocenters. The standard InChI is InChI=1S/C16H30N6/c1-5-6-9-21(3)15-14(17)16(19-12-18-15)22(4)13-7-10-20(2)11-8-13/h12-13H,5-11,17H2,1-4H3. The largest absolute Gasteiger partial charge is 0.393 e. The van der Waals surface area contributed by atoms with Crippen LogP contribution < -0.4 is 15.5 Å². The lowest BCUT2D eigenvalue weighted by Crippen LogP contribution is -2.42. The van der Waals surface area contributed by atoms with Gasteiger partial charge in [-0.25, -0.2) is 9.97 Å². The minimum atomic E-state index is 0.502. The maximum Gasteiger partial charge on any atom is 0.157 e. The molecule has 1 aliphatic rings. The van der Waals surface area contributed by atoms with Gasteiger partial charge in [-0.15, -0.1) is 0 Å². The lowest BCUT2D eigenvalue weighted by atomic mass is 10.0. The Bertz CT molecular complexity index is 470. The van der Waals surface area contributed by atoms with Gasteiger partial charge in [0.25, 0.3) is 0 Å². The van der Waals surface area contributed by atoms with Crippen LogP contribution in [-0.4, -0.2) is 61.7 Å². The summed E-state index contributed by atoms with van der Waals surface area (Å²) in [6.07, 6.45) is 6.24. The van der Waals surface area contributed by atoms with Crippen molar-refractivity contribution >= 4 is 17.3 Å². The predicted octanol–water partition coefficient (Wildman–Crippen LogP) is 1.83.